The van der Waals surface area contributed by atoms with Crippen molar-refractivity contribution in [1.82, 2.24) is 0 Å². The number of anilines is 1. The molecule has 0 aliphatic heterocycles. The van der Waals surface area contributed by atoms with E-state index in [0.29, 0.717) is 20.8 Å². The number of hydrogen-bond acceptors (Lipinski definition) is 2. The predicted molar refractivity (Wildman–Crippen MR) is 74.8 cm³/mol. The molecule has 0 aliphatic carbocycles. The summed E-state index contributed by atoms with van der Waals surface area (Å²) < 4.78 is 19.4. The molecule has 0 saturated heterocycles. The fourth-order valence-corrected chi connectivity index (χ4v) is 1.93. The predicted octanol–water partition coefficient (Wildman–Crippen LogP) is 4.11. The number of hydrogen-bond donors (Lipinski definition) is 1. The summed E-state index contributed by atoms with van der Waals surface area (Å²) in [6.07, 6.45) is 0. The molecule has 0 fully saturated rings. The SMILES string of the molecule is Cc1cccc(Oc2cc(F)c(I)cc2N)c1. The van der Waals surface area contributed by atoms with Gasteiger partial charge in [0, 0.05) is 6.07 Å². The number of rotatable bonds is 2. The molecule has 0 saturated carbocycles. The van der Waals surface area contributed by atoms with Crippen molar-refractivity contribution in [2.75, 3.05) is 5.73 Å². The normalized spacial score (nSPS) is 10.3. The van der Waals surface area contributed by atoms with E-state index >= 15 is 0 Å². The molecular weight excluding hydrogens is 332 g/mol. The van der Waals surface area contributed by atoms with Crippen molar-refractivity contribution in [2.24, 2.45) is 0 Å². The van der Waals surface area contributed by atoms with Crippen LogP contribution in [0, 0.1) is 16.3 Å². The first-order valence-electron chi connectivity index (χ1n) is 5.05. The summed E-state index contributed by atoms with van der Waals surface area (Å²) in [7, 11) is 0. The van der Waals surface area contributed by atoms with Crippen LogP contribution in [0.1, 0.15) is 5.56 Å². The van der Waals surface area contributed by atoms with Gasteiger partial charge >= 0.3 is 0 Å². The highest BCUT2D eigenvalue weighted by molar-refractivity contribution is 14.1. The van der Waals surface area contributed by atoms with Gasteiger partial charge in [0.05, 0.1) is 9.26 Å². The van der Waals surface area contributed by atoms with Crippen molar-refractivity contribution >= 4 is 28.3 Å². The zero-order valence-corrected chi connectivity index (χ0v) is 11.4. The van der Waals surface area contributed by atoms with Crippen LogP contribution < -0.4 is 10.5 Å². The van der Waals surface area contributed by atoms with E-state index in [4.69, 9.17) is 10.5 Å². The summed E-state index contributed by atoms with van der Waals surface area (Å²) in [5, 5.41) is 0. The molecule has 0 aliphatic rings. The monoisotopic (exact) mass is 343 g/mol. The molecular formula is C13H11FINO. The van der Waals surface area contributed by atoms with Crippen LogP contribution in [0.2, 0.25) is 0 Å². The van der Waals surface area contributed by atoms with Gasteiger partial charge in [-0.3, -0.25) is 0 Å². The van der Waals surface area contributed by atoms with E-state index < -0.39 is 0 Å². The molecule has 17 heavy (non-hydrogen) atoms. The number of aryl methyl sites for hydroxylation is 1. The molecule has 0 radical (unpaired) electrons. The molecule has 0 spiro atoms. The van der Waals surface area contributed by atoms with Crippen molar-refractivity contribution in [3.63, 3.8) is 0 Å². The number of benzene rings is 2. The second-order valence-electron chi connectivity index (χ2n) is 3.72. The second kappa shape index (κ2) is 4.91. The fourth-order valence-electron chi connectivity index (χ4n) is 1.44. The molecule has 88 valence electrons. The van der Waals surface area contributed by atoms with Gasteiger partial charge in [-0.25, -0.2) is 4.39 Å². The summed E-state index contributed by atoms with van der Waals surface area (Å²) in [6, 6.07) is 10.4. The minimum atomic E-state index is -0.331. The standard InChI is InChI=1S/C13H11FINO/c1-8-3-2-4-9(5-8)17-13-6-10(14)11(15)7-12(13)16/h2-7H,16H2,1H3. The maximum absolute atomic E-state index is 13.4. The maximum atomic E-state index is 13.4. The molecule has 0 heterocycles. The third-order valence-corrected chi connectivity index (χ3v) is 3.10. The number of nitrogens with two attached hydrogens (primary N) is 1. The van der Waals surface area contributed by atoms with Gasteiger partial charge in [-0.15, -0.1) is 0 Å². The minimum Gasteiger partial charge on any atom is -0.455 e. The van der Waals surface area contributed by atoms with E-state index in [0.717, 1.165) is 5.56 Å². The number of halogens is 2. The largest absolute Gasteiger partial charge is 0.455 e. The molecule has 0 unspecified atom stereocenters. The van der Waals surface area contributed by atoms with Crippen molar-refractivity contribution in [3.8, 4) is 11.5 Å². The Hall–Kier alpha value is -1.30. The van der Waals surface area contributed by atoms with Crippen molar-refractivity contribution in [2.45, 2.75) is 6.92 Å². The maximum Gasteiger partial charge on any atom is 0.153 e. The van der Waals surface area contributed by atoms with Crippen LogP contribution in [0.5, 0.6) is 11.5 Å². The average Bonchev–Trinajstić information content (AvgIpc) is 2.26. The van der Waals surface area contributed by atoms with Gasteiger partial charge in [0.25, 0.3) is 0 Å². The Bertz CT molecular complexity index is 557. The summed E-state index contributed by atoms with van der Waals surface area (Å²) >= 11 is 1.89. The second-order valence-corrected chi connectivity index (χ2v) is 4.88. The summed E-state index contributed by atoms with van der Waals surface area (Å²) in [4.78, 5) is 0. The molecule has 2 nitrogen and oxygen atoms in total. The molecule has 2 aromatic carbocycles. The number of ether oxygens (including phenoxy) is 1. The molecule has 0 aromatic heterocycles. The van der Waals surface area contributed by atoms with Crippen molar-refractivity contribution < 1.29 is 9.13 Å². The van der Waals surface area contributed by atoms with E-state index in [1.165, 1.54) is 6.07 Å². The Morgan fingerprint density at radius 2 is 2.00 bits per heavy atom. The summed E-state index contributed by atoms with van der Waals surface area (Å²) in [5.41, 5.74) is 7.28. The zero-order chi connectivity index (χ0) is 12.4. The molecule has 2 aromatic rings. The smallest absolute Gasteiger partial charge is 0.153 e. The highest BCUT2D eigenvalue weighted by Gasteiger charge is 2.08. The minimum absolute atomic E-state index is 0.331. The van der Waals surface area contributed by atoms with Crippen molar-refractivity contribution in [3.05, 3.63) is 51.3 Å². The molecule has 0 bridgehead atoms. The van der Waals surface area contributed by atoms with Crippen molar-refractivity contribution in [1.29, 1.82) is 0 Å². The highest BCUT2D eigenvalue weighted by atomic mass is 127. The Labute approximate surface area is 113 Å². The summed E-state index contributed by atoms with van der Waals surface area (Å²) in [5.74, 6) is 0.660. The molecule has 0 atom stereocenters. The van der Waals surface area contributed by atoms with Gasteiger partial charge in [0.15, 0.2) is 5.75 Å². The lowest BCUT2D eigenvalue weighted by molar-refractivity contribution is 0.478. The van der Waals surface area contributed by atoms with Gasteiger partial charge in [-0.1, -0.05) is 12.1 Å². The van der Waals surface area contributed by atoms with Crippen LogP contribution in [0.4, 0.5) is 10.1 Å². The van der Waals surface area contributed by atoms with Gasteiger partial charge < -0.3 is 10.5 Å². The molecule has 2 rings (SSSR count). The average molecular weight is 343 g/mol. The van der Waals surface area contributed by atoms with Crippen LogP contribution in [-0.2, 0) is 0 Å². The van der Waals surface area contributed by atoms with E-state index in [1.54, 1.807) is 6.07 Å². The van der Waals surface area contributed by atoms with Gasteiger partial charge in [0.1, 0.15) is 11.6 Å². The van der Waals surface area contributed by atoms with Crippen LogP contribution in [0.3, 0.4) is 0 Å². The van der Waals surface area contributed by atoms with E-state index in [1.807, 2.05) is 53.8 Å². The van der Waals surface area contributed by atoms with Crippen LogP contribution in [0.25, 0.3) is 0 Å². The summed E-state index contributed by atoms with van der Waals surface area (Å²) in [6.45, 7) is 1.96. The van der Waals surface area contributed by atoms with Crippen LogP contribution >= 0.6 is 22.6 Å². The van der Waals surface area contributed by atoms with E-state index in [9.17, 15) is 4.39 Å². The highest BCUT2D eigenvalue weighted by Crippen LogP contribution is 2.30. The molecule has 0 amide bonds. The first-order valence-corrected chi connectivity index (χ1v) is 6.13. The molecule has 4 heteroatoms. The van der Waals surface area contributed by atoms with Gasteiger partial charge in [0.2, 0.25) is 0 Å². The Kier molecular flexibility index (Phi) is 3.51. The fraction of sp³-hybridized carbons (Fsp3) is 0.0769. The Morgan fingerprint density at radius 1 is 1.24 bits per heavy atom. The van der Waals surface area contributed by atoms with Gasteiger partial charge in [-0.05, 0) is 53.3 Å². The first-order chi connectivity index (χ1) is 8.06. The quantitative estimate of drug-likeness (QED) is 0.658. The van der Waals surface area contributed by atoms with Crippen LogP contribution in [-0.4, -0.2) is 0 Å². The lowest BCUT2D eigenvalue weighted by atomic mass is 10.2. The first kappa shape index (κ1) is 12.2. The Balaban J connectivity index is 2.33. The number of nitrogen functional groups attached to an aromatic ring is 1. The third-order valence-electron chi connectivity index (χ3n) is 2.27. The van der Waals surface area contributed by atoms with Gasteiger partial charge in [-0.2, -0.15) is 0 Å². The topological polar surface area (TPSA) is 35.2 Å². The van der Waals surface area contributed by atoms with E-state index in [2.05, 4.69) is 0 Å². The molecule has 2 N–H and O–H groups in total. The zero-order valence-electron chi connectivity index (χ0n) is 9.21. The lowest BCUT2D eigenvalue weighted by Gasteiger charge is -2.09. The lowest BCUT2D eigenvalue weighted by Crippen LogP contribution is -1.95. The Morgan fingerprint density at radius 3 is 2.71 bits per heavy atom. The van der Waals surface area contributed by atoms with E-state index in [-0.39, 0.29) is 5.82 Å². The third kappa shape index (κ3) is 2.88. The van der Waals surface area contributed by atoms with Crippen LogP contribution in [0.15, 0.2) is 36.4 Å².